The molecule has 0 saturated heterocycles. The fourth-order valence-corrected chi connectivity index (χ4v) is 1.95. The maximum Gasteiger partial charge on any atom is 0.387 e. The van der Waals surface area contributed by atoms with Crippen molar-refractivity contribution >= 4 is 17.5 Å². The van der Waals surface area contributed by atoms with E-state index in [0.717, 1.165) is 5.56 Å². The molecule has 16 heavy (non-hydrogen) atoms. The highest BCUT2D eigenvalue weighted by Crippen LogP contribution is 2.33. The molecule has 0 unspecified atom stereocenters. The lowest BCUT2D eigenvalue weighted by Gasteiger charge is -2.19. The van der Waals surface area contributed by atoms with Crippen LogP contribution in [0.4, 0.5) is 8.78 Å². The van der Waals surface area contributed by atoms with Crippen molar-refractivity contribution in [3.05, 3.63) is 28.3 Å². The summed E-state index contributed by atoms with van der Waals surface area (Å²) in [7, 11) is 0. The number of ether oxygens (including phenoxy) is 1. The average Bonchev–Trinajstić information content (AvgIpc) is 2.22. The third-order valence-electron chi connectivity index (χ3n) is 2.32. The van der Waals surface area contributed by atoms with E-state index in [2.05, 4.69) is 10.1 Å². The SMILES string of the molecule is O=C1NCCc2ccc(OC(F)F)c(Cl)c21. The Morgan fingerprint density at radius 1 is 1.44 bits per heavy atom. The number of nitrogens with one attached hydrogen (secondary N) is 1. The van der Waals surface area contributed by atoms with E-state index in [0.29, 0.717) is 13.0 Å². The van der Waals surface area contributed by atoms with Crippen molar-refractivity contribution in [1.82, 2.24) is 5.32 Å². The molecule has 6 heteroatoms. The highest BCUT2D eigenvalue weighted by Gasteiger charge is 2.23. The van der Waals surface area contributed by atoms with Crippen LogP contribution in [0.15, 0.2) is 12.1 Å². The van der Waals surface area contributed by atoms with Crippen LogP contribution in [0.25, 0.3) is 0 Å². The number of halogens is 3. The fourth-order valence-electron chi connectivity index (χ4n) is 1.64. The van der Waals surface area contributed by atoms with Gasteiger partial charge in [-0.25, -0.2) is 0 Å². The zero-order valence-corrected chi connectivity index (χ0v) is 8.85. The maximum atomic E-state index is 12.0. The fraction of sp³-hybridized carbons (Fsp3) is 0.300. The van der Waals surface area contributed by atoms with Crippen molar-refractivity contribution in [3.63, 3.8) is 0 Å². The van der Waals surface area contributed by atoms with Gasteiger partial charge in [0.2, 0.25) is 0 Å². The molecule has 2 rings (SSSR count). The second-order valence-corrected chi connectivity index (χ2v) is 3.67. The summed E-state index contributed by atoms with van der Waals surface area (Å²) in [5, 5.41) is 2.53. The summed E-state index contributed by atoms with van der Waals surface area (Å²) in [6.45, 7) is -2.43. The Morgan fingerprint density at radius 3 is 2.88 bits per heavy atom. The lowest BCUT2D eigenvalue weighted by molar-refractivity contribution is -0.0498. The van der Waals surface area contributed by atoms with Gasteiger partial charge in [0.1, 0.15) is 5.75 Å². The summed E-state index contributed by atoms with van der Waals surface area (Å²) in [5.74, 6) is -0.529. The highest BCUT2D eigenvalue weighted by molar-refractivity contribution is 6.35. The van der Waals surface area contributed by atoms with Gasteiger partial charge in [0.25, 0.3) is 5.91 Å². The predicted octanol–water partition coefficient (Wildman–Crippen LogP) is 2.23. The molecule has 0 spiro atoms. The van der Waals surface area contributed by atoms with Crippen LogP contribution in [0.2, 0.25) is 5.02 Å². The first-order valence-electron chi connectivity index (χ1n) is 4.64. The molecule has 1 aromatic rings. The molecule has 0 atom stereocenters. The Kier molecular flexibility index (Phi) is 2.96. The number of hydrogen-bond acceptors (Lipinski definition) is 2. The monoisotopic (exact) mass is 247 g/mol. The second kappa shape index (κ2) is 4.25. The van der Waals surface area contributed by atoms with Crippen molar-refractivity contribution in [1.29, 1.82) is 0 Å². The number of carbonyl (C=O) groups excluding carboxylic acids is 1. The maximum absolute atomic E-state index is 12.0. The van der Waals surface area contributed by atoms with Gasteiger partial charge in [-0.05, 0) is 18.1 Å². The summed E-state index contributed by atoms with van der Waals surface area (Å²) in [6.07, 6.45) is 0.635. The molecule has 0 bridgehead atoms. The Morgan fingerprint density at radius 2 is 2.19 bits per heavy atom. The molecule has 86 valence electrons. The lowest BCUT2D eigenvalue weighted by Crippen LogP contribution is -2.32. The summed E-state index contributed by atoms with van der Waals surface area (Å²) in [5.41, 5.74) is 0.974. The number of benzene rings is 1. The van der Waals surface area contributed by atoms with E-state index in [9.17, 15) is 13.6 Å². The number of hydrogen-bond donors (Lipinski definition) is 1. The number of carbonyl (C=O) groups is 1. The zero-order valence-electron chi connectivity index (χ0n) is 8.10. The molecule has 1 aliphatic rings. The third kappa shape index (κ3) is 1.95. The van der Waals surface area contributed by atoms with E-state index in [-0.39, 0.29) is 22.2 Å². The van der Waals surface area contributed by atoms with Crippen LogP contribution in [-0.2, 0) is 6.42 Å². The molecular formula is C10H8ClF2NO2. The minimum Gasteiger partial charge on any atom is -0.433 e. The first kappa shape index (κ1) is 11.1. The molecule has 1 heterocycles. The van der Waals surface area contributed by atoms with Crippen LogP contribution in [0.3, 0.4) is 0 Å². The topological polar surface area (TPSA) is 38.3 Å². The highest BCUT2D eigenvalue weighted by atomic mass is 35.5. The van der Waals surface area contributed by atoms with Gasteiger partial charge in [0, 0.05) is 6.54 Å². The lowest BCUT2D eigenvalue weighted by atomic mass is 10.00. The smallest absolute Gasteiger partial charge is 0.387 e. The van der Waals surface area contributed by atoms with E-state index >= 15 is 0 Å². The minimum absolute atomic E-state index is 0.0602. The Bertz CT molecular complexity index is 437. The van der Waals surface area contributed by atoms with Gasteiger partial charge in [-0.3, -0.25) is 4.79 Å². The average molecular weight is 248 g/mol. The standard InChI is InChI=1S/C10H8ClF2NO2/c11-8-6(16-10(12)13)2-1-5-3-4-14-9(15)7(5)8/h1-2,10H,3-4H2,(H,14,15). The van der Waals surface area contributed by atoms with Crippen LogP contribution in [-0.4, -0.2) is 19.1 Å². The summed E-state index contributed by atoms with van der Waals surface area (Å²) in [6, 6.07) is 2.93. The summed E-state index contributed by atoms with van der Waals surface area (Å²) >= 11 is 5.85. The van der Waals surface area contributed by atoms with E-state index in [1.54, 1.807) is 6.07 Å². The number of rotatable bonds is 2. The quantitative estimate of drug-likeness (QED) is 0.870. The van der Waals surface area contributed by atoms with Crippen LogP contribution in [0.5, 0.6) is 5.75 Å². The molecule has 3 nitrogen and oxygen atoms in total. The van der Waals surface area contributed by atoms with Crippen molar-refractivity contribution in [3.8, 4) is 5.75 Å². The zero-order chi connectivity index (χ0) is 11.7. The number of amides is 1. The van der Waals surface area contributed by atoms with Crippen molar-refractivity contribution in [2.45, 2.75) is 13.0 Å². The van der Waals surface area contributed by atoms with Gasteiger partial charge in [0.05, 0.1) is 10.6 Å². The van der Waals surface area contributed by atoms with Gasteiger partial charge in [-0.15, -0.1) is 0 Å². The molecule has 0 aliphatic carbocycles. The van der Waals surface area contributed by atoms with E-state index in [1.165, 1.54) is 6.07 Å². The first-order chi connectivity index (χ1) is 7.59. The largest absolute Gasteiger partial charge is 0.433 e. The molecule has 0 radical (unpaired) electrons. The van der Waals surface area contributed by atoms with Crippen LogP contribution in [0.1, 0.15) is 15.9 Å². The predicted molar refractivity (Wildman–Crippen MR) is 54.1 cm³/mol. The van der Waals surface area contributed by atoms with Gasteiger partial charge in [0.15, 0.2) is 0 Å². The van der Waals surface area contributed by atoms with E-state index in [4.69, 9.17) is 11.6 Å². The molecule has 1 amide bonds. The Labute approximate surface area is 95.3 Å². The minimum atomic E-state index is -2.96. The van der Waals surface area contributed by atoms with E-state index in [1.807, 2.05) is 0 Å². The van der Waals surface area contributed by atoms with Crippen LogP contribution >= 0.6 is 11.6 Å². The second-order valence-electron chi connectivity index (χ2n) is 3.30. The Balaban J connectivity index is 2.45. The number of alkyl halides is 2. The normalized spacial score (nSPS) is 14.6. The molecule has 0 saturated carbocycles. The molecule has 1 N–H and O–H groups in total. The van der Waals surface area contributed by atoms with Crippen LogP contribution < -0.4 is 10.1 Å². The number of fused-ring (bicyclic) bond motifs is 1. The van der Waals surface area contributed by atoms with Gasteiger partial charge in [-0.2, -0.15) is 8.78 Å². The van der Waals surface area contributed by atoms with Crippen molar-refractivity contribution < 1.29 is 18.3 Å². The van der Waals surface area contributed by atoms with E-state index < -0.39 is 6.61 Å². The summed E-state index contributed by atoms with van der Waals surface area (Å²) < 4.78 is 28.3. The van der Waals surface area contributed by atoms with Crippen molar-refractivity contribution in [2.24, 2.45) is 0 Å². The Hall–Kier alpha value is -1.36. The molecule has 1 aromatic carbocycles. The molecule has 0 fully saturated rings. The molecular weight excluding hydrogens is 240 g/mol. The molecule has 0 aromatic heterocycles. The molecule has 1 aliphatic heterocycles. The third-order valence-corrected chi connectivity index (χ3v) is 2.69. The van der Waals surface area contributed by atoms with Gasteiger partial charge >= 0.3 is 6.61 Å². The summed E-state index contributed by atoms with van der Waals surface area (Å²) in [4.78, 5) is 11.5. The van der Waals surface area contributed by atoms with Crippen LogP contribution in [0, 0.1) is 0 Å². The van der Waals surface area contributed by atoms with Gasteiger partial charge < -0.3 is 10.1 Å². The van der Waals surface area contributed by atoms with Gasteiger partial charge in [-0.1, -0.05) is 17.7 Å². The first-order valence-corrected chi connectivity index (χ1v) is 5.02. The van der Waals surface area contributed by atoms with Crippen molar-refractivity contribution in [2.75, 3.05) is 6.54 Å².